The topological polar surface area (TPSA) is 41.5 Å². The van der Waals surface area contributed by atoms with E-state index in [1.54, 1.807) is 0 Å². The van der Waals surface area contributed by atoms with Gasteiger partial charge < -0.3 is 15.2 Å². The molecule has 0 aliphatic heterocycles. The van der Waals surface area contributed by atoms with Crippen molar-refractivity contribution in [2.45, 2.75) is 64.5 Å². The quantitative estimate of drug-likeness (QED) is 0.680. The van der Waals surface area contributed by atoms with Crippen molar-refractivity contribution < 1.29 is 9.84 Å². The molecular weight excluding hydrogens is 274 g/mol. The molecule has 1 unspecified atom stereocenters. The van der Waals surface area contributed by atoms with E-state index >= 15 is 0 Å². The van der Waals surface area contributed by atoms with Gasteiger partial charge in [0.1, 0.15) is 5.75 Å². The number of rotatable bonds is 9. The van der Waals surface area contributed by atoms with Gasteiger partial charge in [0, 0.05) is 31.2 Å². The van der Waals surface area contributed by atoms with Gasteiger partial charge in [-0.3, -0.25) is 0 Å². The summed E-state index contributed by atoms with van der Waals surface area (Å²) < 4.78 is 5.76. The molecule has 22 heavy (non-hydrogen) atoms. The third-order valence-electron chi connectivity index (χ3n) is 4.59. The molecular formula is C19H31NO2. The zero-order chi connectivity index (χ0) is 15.6. The normalized spacial score (nSPS) is 17.4. The lowest BCUT2D eigenvalue weighted by Crippen LogP contribution is -2.28. The lowest BCUT2D eigenvalue weighted by atomic mass is 9.85. The van der Waals surface area contributed by atoms with Gasteiger partial charge in [0.25, 0.3) is 0 Å². The first-order chi connectivity index (χ1) is 10.8. The molecule has 0 bridgehead atoms. The first kappa shape index (κ1) is 17.3. The van der Waals surface area contributed by atoms with Gasteiger partial charge in [-0.1, -0.05) is 50.3 Å². The maximum atomic E-state index is 8.85. The van der Waals surface area contributed by atoms with Crippen molar-refractivity contribution in [2.75, 3.05) is 13.2 Å². The summed E-state index contributed by atoms with van der Waals surface area (Å²) in [5.41, 5.74) is 1.20. The zero-order valence-electron chi connectivity index (χ0n) is 13.9. The highest BCUT2D eigenvalue weighted by Crippen LogP contribution is 2.27. The summed E-state index contributed by atoms with van der Waals surface area (Å²) in [6.07, 6.45) is 9.04. The van der Waals surface area contributed by atoms with Gasteiger partial charge in [0.15, 0.2) is 0 Å². The molecule has 1 aromatic carbocycles. The van der Waals surface area contributed by atoms with Crippen molar-refractivity contribution in [2.24, 2.45) is 5.92 Å². The van der Waals surface area contributed by atoms with E-state index < -0.39 is 0 Å². The van der Waals surface area contributed by atoms with Gasteiger partial charge in [-0.15, -0.1) is 0 Å². The van der Waals surface area contributed by atoms with E-state index in [0.29, 0.717) is 19.1 Å². The van der Waals surface area contributed by atoms with Crippen LogP contribution in [0.4, 0.5) is 0 Å². The van der Waals surface area contributed by atoms with Crippen LogP contribution in [-0.2, 0) is 6.54 Å². The number of benzene rings is 1. The molecule has 3 heteroatoms. The summed E-state index contributed by atoms with van der Waals surface area (Å²) in [7, 11) is 0. The van der Waals surface area contributed by atoms with Gasteiger partial charge in [0.2, 0.25) is 0 Å². The molecule has 2 N–H and O–H groups in total. The van der Waals surface area contributed by atoms with Crippen LogP contribution < -0.4 is 10.1 Å². The molecule has 1 aromatic rings. The number of para-hydroxylation sites is 1. The van der Waals surface area contributed by atoms with Crippen molar-refractivity contribution in [1.29, 1.82) is 0 Å². The Morgan fingerprint density at radius 3 is 2.77 bits per heavy atom. The molecule has 0 amide bonds. The number of aliphatic hydroxyl groups is 1. The lowest BCUT2D eigenvalue weighted by molar-refractivity contribution is 0.232. The van der Waals surface area contributed by atoms with E-state index in [2.05, 4.69) is 24.4 Å². The Kier molecular flexibility index (Phi) is 7.75. The second-order valence-corrected chi connectivity index (χ2v) is 6.56. The van der Waals surface area contributed by atoms with Crippen molar-refractivity contribution in [3.8, 4) is 5.75 Å². The molecule has 124 valence electrons. The SMILES string of the molecule is CC(CC1CCCCC1)NCc1ccccc1OCCCO. The Morgan fingerprint density at radius 2 is 2.00 bits per heavy atom. The number of ether oxygens (including phenoxy) is 1. The summed E-state index contributed by atoms with van der Waals surface area (Å²) in [5, 5.41) is 12.5. The minimum Gasteiger partial charge on any atom is -0.493 e. The number of nitrogens with one attached hydrogen (secondary N) is 1. The highest BCUT2D eigenvalue weighted by Gasteiger charge is 2.16. The predicted molar refractivity (Wildman–Crippen MR) is 91.1 cm³/mol. The van der Waals surface area contributed by atoms with E-state index in [9.17, 15) is 0 Å². The van der Waals surface area contributed by atoms with Crippen LogP contribution in [0, 0.1) is 5.92 Å². The minimum absolute atomic E-state index is 0.179. The second kappa shape index (κ2) is 9.86. The summed E-state index contributed by atoms with van der Waals surface area (Å²) in [5.74, 6) is 1.85. The van der Waals surface area contributed by atoms with Gasteiger partial charge in [-0.05, 0) is 25.3 Å². The maximum absolute atomic E-state index is 8.85. The first-order valence-corrected chi connectivity index (χ1v) is 8.84. The smallest absolute Gasteiger partial charge is 0.123 e. The van der Waals surface area contributed by atoms with Crippen molar-refractivity contribution in [3.63, 3.8) is 0 Å². The van der Waals surface area contributed by atoms with Gasteiger partial charge in [-0.25, -0.2) is 0 Å². The highest BCUT2D eigenvalue weighted by molar-refractivity contribution is 5.33. The van der Waals surface area contributed by atoms with Crippen molar-refractivity contribution >= 4 is 0 Å². The fourth-order valence-electron chi connectivity index (χ4n) is 3.33. The molecule has 0 heterocycles. The molecule has 1 atom stereocenters. The third kappa shape index (κ3) is 5.98. The molecule has 1 fully saturated rings. The Hall–Kier alpha value is -1.06. The summed E-state index contributed by atoms with van der Waals surface area (Å²) >= 11 is 0. The fraction of sp³-hybridized carbons (Fsp3) is 0.684. The Balaban J connectivity index is 1.77. The van der Waals surface area contributed by atoms with Crippen LogP contribution in [0.15, 0.2) is 24.3 Å². The van der Waals surface area contributed by atoms with Gasteiger partial charge in [0.05, 0.1) is 6.61 Å². The molecule has 1 aliphatic rings. The highest BCUT2D eigenvalue weighted by atomic mass is 16.5. The van der Waals surface area contributed by atoms with Crippen LogP contribution in [-0.4, -0.2) is 24.4 Å². The van der Waals surface area contributed by atoms with E-state index in [0.717, 1.165) is 18.2 Å². The minimum atomic E-state index is 0.179. The maximum Gasteiger partial charge on any atom is 0.123 e. The fourth-order valence-corrected chi connectivity index (χ4v) is 3.33. The standard InChI is InChI=1S/C19H31NO2/c1-16(14-17-8-3-2-4-9-17)20-15-18-10-5-6-11-19(18)22-13-7-12-21/h5-6,10-11,16-17,20-21H,2-4,7-9,12-15H2,1H3. The number of hydrogen-bond donors (Lipinski definition) is 2. The second-order valence-electron chi connectivity index (χ2n) is 6.56. The Morgan fingerprint density at radius 1 is 1.23 bits per heavy atom. The van der Waals surface area contributed by atoms with Gasteiger partial charge in [-0.2, -0.15) is 0 Å². The molecule has 0 spiro atoms. The molecule has 2 rings (SSSR count). The van der Waals surface area contributed by atoms with Crippen LogP contribution in [0.5, 0.6) is 5.75 Å². The van der Waals surface area contributed by atoms with E-state index in [1.165, 1.54) is 44.1 Å². The third-order valence-corrected chi connectivity index (χ3v) is 4.59. The summed E-state index contributed by atoms with van der Waals surface area (Å²) in [4.78, 5) is 0. The molecule has 0 aromatic heterocycles. The lowest BCUT2D eigenvalue weighted by Gasteiger charge is -2.25. The molecule has 1 saturated carbocycles. The van der Waals surface area contributed by atoms with Crippen LogP contribution in [0.25, 0.3) is 0 Å². The first-order valence-electron chi connectivity index (χ1n) is 8.84. The average molecular weight is 305 g/mol. The molecule has 0 radical (unpaired) electrons. The Labute approximate surface area is 135 Å². The van der Waals surface area contributed by atoms with Crippen LogP contribution in [0.3, 0.4) is 0 Å². The van der Waals surface area contributed by atoms with Crippen molar-refractivity contribution in [1.82, 2.24) is 5.32 Å². The van der Waals surface area contributed by atoms with Crippen LogP contribution in [0.2, 0.25) is 0 Å². The molecule has 0 saturated heterocycles. The van der Waals surface area contributed by atoms with Crippen LogP contribution >= 0.6 is 0 Å². The number of aliphatic hydroxyl groups excluding tert-OH is 1. The molecule has 1 aliphatic carbocycles. The van der Waals surface area contributed by atoms with E-state index in [4.69, 9.17) is 9.84 Å². The van der Waals surface area contributed by atoms with E-state index in [-0.39, 0.29) is 6.61 Å². The van der Waals surface area contributed by atoms with Crippen molar-refractivity contribution in [3.05, 3.63) is 29.8 Å². The van der Waals surface area contributed by atoms with Gasteiger partial charge >= 0.3 is 0 Å². The molecule has 3 nitrogen and oxygen atoms in total. The average Bonchev–Trinajstić information content (AvgIpc) is 2.55. The largest absolute Gasteiger partial charge is 0.493 e. The van der Waals surface area contributed by atoms with E-state index in [1.807, 2.05) is 12.1 Å². The number of hydrogen-bond acceptors (Lipinski definition) is 3. The zero-order valence-corrected chi connectivity index (χ0v) is 13.9. The monoisotopic (exact) mass is 305 g/mol. The predicted octanol–water partition coefficient (Wildman–Crippen LogP) is 3.90. The summed E-state index contributed by atoms with van der Waals surface area (Å²) in [6.45, 7) is 3.90. The summed E-state index contributed by atoms with van der Waals surface area (Å²) in [6, 6.07) is 8.74. The van der Waals surface area contributed by atoms with Crippen LogP contribution in [0.1, 0.15) is 57.4 Å². The Bertz CT molecular complexity index is 416.